The number of hydrogen-bond acceptors (Lipinski definition) is 2. The van der Waals surface area contributed by atoms with Crippen LogP contribution < -0.4 is 0 Å². The van der Waals surface area contributed by atoms with Gasteiger partial charge in [0.1, 0.15) is 3.70 Å². The van der Waals surface area contributed by atoms with Crippen molar-refractivity contribution in [1.29, 1.82) is 0 Å². The van der Waals surface area contributed by atoms with Crippen molar-refractivity contribution < 1.29 is 18.7 Å². The summed E-state index contributed by atoms with van der Waals surface area (Å²) in [6.45, 7) is 0. The second-order valence-electron chi connectivity index (χ2n) is 2.96. The summed E-state index contributed by atoms with van der Waals surface area (Å²) >= 11 is 4.86. The van der Waals surface area contributed by atoms with Gasteiger partial charge >= 0.3 is 5.97 Å². The summed E-state index contributed by atoms with van der Waals surface area (Å²) < 4.78 is 25.8. The fourth-order valence-corrected chi connectivity index (χ4v) is 2.52. The Hall–Kier alpha value is -0.310. The van der Waals surface area contributed by atoms with E-state index in [4.69, 9.17) is 5.11 Å². The summed E-state index contributed by atoms with van der Waals surface area (Å²) in [5, 5.41) is 8.83. The van der Waals surface area contributed by atoms with Crippen LogP contribution in [0.3, 0.4) is 0 Å². The molecule has 0 aliphatic rings. The minimum atomic E-state index is -2.63. The minimum absolute atomic E-state index is 0.160. The van der Waals surface area contributed by atoms with E-state index >= 15 is 0 Å². The Labute approximate surface area is 113 Å². The fourth-order valence-electron chi connectivity index (χ4n) is 1.25. The average Bonchev–Trinajstić information content (AvgIpc) is 2.15. The van der Waals surface area contributed by atoms with Gasteiger partial charge in [0.15, 0.2) is 0 Å². The van der Waals surface area contributed by atoms with Crippen LogP contribution >= 0.6 is 38.5 Å². The second-order valence-corrected chi connectivity index (χ2v) is 4.63. The first-order valence-electron chi connectivity index (χ1n) is 4.19. The molecule has 0 radical (unpaired) electrons. The molecule has 0 amide bonds. The molecule has 1 aromatic rings. The third-order valence-electron chi connectivity index (χ3n) is 1.90. The summed E-state index contributed by atoms with van der Waals surface area (Å²) in [4.78, 5) is 14.6. The van der Waals surface area contributed by atoms with E-state index in [1.54, 1.807) is 22.6 Å². The third-order valence-corrected chi connectivity index (χ3v) is 3.01. The van der Waals surface area contributed by atoms with Gasteiger partial charge in [0.05, 0.1) is 12.1 Å². The molecule has 0 aliphatic heterocycles. The van der Waals surface area contributed by atoms with Crippen LogP contribution in [0.1, 0.15) is 23.2 Å². The maximum Gasteiger partial charge on any atom is 0.309 e. The van der Waals surface area contributed by atoms with Gasteiger partial charge < -0.3 is 5.11 Å². The largest absolute Gasteiger partial charge is 0.481 e. The number of hydrogen-bond donors (Lipinski definition) is 1. The van der Waals surface area contributed by atoms with E-state index in [0.717, 1.165) is 0 Å². The van der Waals surface area contributed by atoms with E-state index in [2.05, 4.69) is 20.9 Å². The summed E-state index contributed by atoms with van der Waals surface area (Å²) in [6, 6.07) is 1.27. The number of carboxylic acids is 1. The molecule has 7 heteroatoms. The van der Waals surface area contributed by atoms with E-state index in [0.29, 0.717) is 3.70 Å². The first kappa shape index (κ1) is 13.8. The lowest BCUT2D eigenvalue weighted by Crippen LogP contribution is -2.09. The number of nitrogens with zero attached hydrogens (tertiary/aromatic N) is 1. The Morgan fingerprint density at radius 2 is 2.25 bits per heavy atom. The highest BCUT2D eigenvalue weighted by atomic mass is 127. The molecular formula is C9H7BrF2INO2. The Morgan fingerprint density at radius 3 is 2.69 bits per heavy atom. The monoisotopic (exact) mass is 405 g/mol. The Bertz CT molecular complexity index is 415. The first-order chi connectivity index (χ1) is 7.45. The van der Waals surface area contributed by atoms with E-state index in [1.807, 2.05) is 0 Å². The second kappa shape index (κ2) is 5.85. The minimum Gasteiger partial charge on any atom is -0.481 e. The molecule has 1 heterocycles. The van der Waals surface area contributed by atoms with Crippen molar-refractivity contribution in [1.82, 2.24) is 4.98 Å². The van der Waals surface area contributed by atoms with Crippen molar-refractivity contribution in [2.24, 2.45) is 0 Å². The number of aliphatic carboxylic acids is 1. The molecular weight excluding hydrogens is 399 g/mol. The molecule has 0 spiro atoms. The van der Waals surface area contributed by atoms with Crippen molar-refractivity contribution in [3.05, 3.63) is 26.6 Å². The van der Waals surface area contributed by atoms with Gasteiger partial charge in [0, 0.05) is 10.9 Å². The SMILES string of the molecule is O=C(O)Cc1nc(I)cc(C(F)F)c1CBr. The topological polar surface area (TPSA) is 50.2 Å². The standard InChI is InChI=1S/C9H7BrF2INO2/c10-3-5-4(9(11)12)1-7(13)14-6(5)2-8(15)16/h1,9H,2-3H2,(H,15,16). The van der Waals surface area contributed by atoms with E-state index in [1.165, 1.54) is 6.07 Å². The quantitative estimate of drug-likeness (QED) is 0.475. The number of aromatic nitrogens is 1. The van der Waals surface area contributed by atoms with Gasteiger partial charge in [0.2, 0.25) is 0 Å². The molecule has 16 heavy (non-hydrogen) atoms. The summed E-state index contributed by atoms with van der Waals surface area (Å²) in [5.41, 5.74) is 0.289. The normalized spacial score (nSPS) is 10.8. The number of carboxylic acid groups (broad SMARTS) is 1. The first-order valence-corrected chi connectivity index (χ1v) is 6.39. The molecule has 0 aromatic carbocycles. The molecule has 1 aromatic heterocycles. The lowest BCUT2D eigenvalue weighted by molar-refractivity contribution is -0.136. The predicted molar refractivity (Wildman–Crippen MR) is 65.9 cm³/mol. The highest BCUT2D eigenvalue weighted by molar-refractivity contribution is 14.1. The fraction of sp³-hybridized carbons (Fsp3) is 0.333. The molecule has 0 aliphatic carbocycles. The number of carbonyl (C=O) groups is 1. The molecule has 0 atom stereocenters. The number of alkyl halides is 3. The molecule has 88 valence electrons. The van der Waals surface area contributed by atoms with Gasteiger partial charge in [-0.2, -0.15) is 0 Å². The highest BCUT2D eigenvalue weighted by Gasteiger charge is 2.19. The number of halogens is 4. The molecule has 0 saturated heterocycles. The number of rotatable bonds is 4. The highest BCUT2D eigenvalue weighted by Crippen LogP contribution is 2.28. The number of pyridine rings is 1. The molecule has 1 rings (SSSR count). The van der Waals surface area contributed by atoms with Crippen LogP contribution in [0.5, 0.6) is 0 Å². The zero-order valence-corrected chi connectivity index (χ0v) is 11.6. The summed E-state index contributed by atoms with van der Waals surface area (Å²) in [5.74, 6) is -1.09. The lowest BCUT2D eigenvalue weighted by Gasteiger charge is -2.11. The molecule has 0 fully saturated rings. The van der Waals surface area contributed by atoms with Gasteiger partial charge in [-0.05, 0) is 34.2 Å². The van der Waals surface area contributed by atoms with Gasteiger partial charge in [-0.25, -0.2) is 13.8 Å². The van der Waals surface area contributed by atoms with Crippen LogP contribution in [0.15, 0.2) is 6.07 Å². The average molecular weight is 406 g/mol. The van der Waals surface area contributed by atoms with Crippen molar-refractivity contribution >= 4 is 44.5 Å². The van der Waals surface area contributed by atoms with Crippen LogP contribution in [-0.2, 0) is 16.5 Å². The van der Waals surface area contributed by atoms with Crippen LogP contribution in [0.4, 0.5) is 8.78 Å². The van der Waals surface area contributed by atoms with Crippen molar-refractivity contribution in [2.75, 3.05) is 0 Å². The molecule has 0 unspecified atom stereocenters. The van der Waals surface area contributed by atoms with E-state index < -0.39 is 12.4 Å². The van der Waals surface area contributed by atoms with E-state index in [9.17, 15) is 13.6 Å². The van der Waals surface area contributed by atoms with Crippen molar-refractivity contribution in [3.8, 4) is 0 Å². The predicted octanol–water partition coefficient (Wildman–Crippen LogP) is 3.15. The van der Waals surface area contributed by atoms with Gasteiger partial charge in [0.25, 0.3) is 6.43 Å². The third kappa shape index (κ3) is 3.34. The smallest absolute Gasteiger partial charge is 0.309 e. The Balaban J connectivity index is 3.29. The summed E-state index contributed by atoms with van der Waals surface area (Å²) in [7, 11) is 0. The van der Waals surface area contributed by atoms with Gasteiger partial charge in [-0.1, -0.05) is 15.9 Å². The van der Waals surface area contributed by atoms with Crippen molar-refractivity contribution in [2.45, 2.75) is 18.2 Å². The maximum atomic E-state index is 12.7. The van der Waals surface area contributed by atoms with Crippen LogP contribution in [0, 0.1) is 3.70 Å². The van der Waals surface area contributed by atoms with E-state index in [-0.39, 0.29) is 28.6 Å². The van der Waals surface area contributed by atoms with Crippen LogP contribution in [0.25, 0.3) is 0 Å². The van der Waals surface area contributed by atoms with Crippen molar-refractivity contribution in [3.63, 3.8) is 0 Å². The zero-order chi connectivity index (χ0) is 12.3. The van der Waals surface area contributed by atoms with Gasteiger partial charge in [-0.3, -0.25) is 4.79 Å². The zero-order valence-electron chi connectivity index (χ0n) is 7.88. The molecule has 0 bridgehead atoms. The molecule has 0 saturated carbocycles. The maximum absolute atomic E-state index is 12.7. The Kier molecular flexibility index (Phi) is 5.03. The molecule has 3 nitrogen and oxygen atoms in total. The Morgan fingerprint density at radius 1 is 1.62 bits per heavy atom. The van der Waals surface area contributed by atoms with Crippen LogP contribution in [0.2, 0.25) is 0 Å². The van der Waals surface area contributed by atoms with Gasteiger partial charge in [-0.15, -0.1) is 0 Å². The lowest BCUT2D eigenvalue weighted by atomic mass is 10.1. The van der Waals surface area contributed by atoms with Crippen LogP contribution in [-0.4, -0.2) is 16.1 Å². The summed E-state index contributed by atoms with van der Waals surface area (Å²) in [6.07, 6.45) is -2.98. The molecule has 1 N–H and O–H groups in total.